The third kappa shape index (κ3) is 1.98. The Morgan fingerprint density at radius 2 is 2.20 bits per heavy atom. The molecular formula is C12H16O7S. The van der Waals surface area contributed by atoms with Crippen LogP contribution in [0.2, 0.25) is 0 Å². The van der Waals surface area contributed by atoms with Crippen molar-refractivity contribution in [3.8, 4) is 0 Å². The molecule has 3 aliphatic heterocycles. The van der Waals surface area contributed by atoms with Crippen LogP contribution in [-0.2, 0) is 33.3 Å². The zero-order chi connectivity index (χ0) is 14.5. The van der Waals surface area contributed by atoms with E-state index in [4.69, 9.17) is 18.4 Å². The number of carbonyl (C=O) groups excluding carboxylic acids is 1. The van der Waals surface area contributed by atoms with Crippen molar-refractivity contribution < 1.29 is 31.6 Å². The van der Waals surface area contributed by atoms with Crippen LogP contribution in [0.1, 0.15) is 13.3 Å². The van der Waals surface area contributed by atoms with Crippen LogP contribution in [-0.4, -0.2) is 56.8 Å². The van der Waals surface area contributed by atoms with E-state index in [1.54, 1.807) is 0 Å². The normalized spacial score (nSPS) is 43.6. The van der Waals surface area contributed by atoms with Crippen molar-refractivity contribution in [2.75, 3.05) is 13.2 Å². The molecule has 0 N–H and O–H groups in total. The molecule has 3 heterocycles. The van der Waals surface area contributed by atoms with Crippen LogP contribution in [0.25, 0.3) is 0 Å². The smallest absolute Gasteiger partial charge is 0.330 e. The predicted molar refractivity (Wildman–Crippen MR) is 66.4 cm³/mol. The zero-order valence-corrected chi connectivity index (χ0v) is 11.8. The Labute approximate surface area is 116 Å². The molecule has 0 aliphatic carbocycles. The zero-order valence-electron chi connectivity index (χ0n) is 11.0. The number of rotatable bonds is 5. The standard InChI is InChI=1S/C12H16O7S/c1-3-8(13)16-4-5-17-11-10-9-7(20(14,15)19-10)6-12(11,2)18-9/h3,7,9-11H,1,4-6H2,2H3. The second kappa shape index (κ2) is 4.52. The maximum Gasteiger partial charge on any atom is 0.330 e. The highest BCUT2D eigenvalue weighted by molar-refractivity contribution is 7.87. The highest BCUT2D eigenvalue weighted by atomic mass is 32.2. The summed E-state index contributed by atoms with van der Waals surface area (Å²) in [5.74, 6) is -0.524. The first kappa shape index (κ1) is 14.0. The summed E-state index contributed by atoms with van der Waals surface area (Å²) in [5, 5.41) is -0.587. The third-order valence-electron chi connectivity index (χ3n) is 4.01. The first-order valence-corrected chi connectivity index (χ1v) is 7.85. The Kier molecular flexibility index (Phi) is 3.16. The quantitative estimate of drug-likeness (QED) is 0.300. The Hall–Kier alpha value is -0.960. The van der Waals surface area contributed by atoms with E-state index in [2.05, 4.69) is 6.58 Å². The minimum atomic E-state index is -3.55. The van der Waals surface area contributed by atoms with Crippen LogP contribution in [0.3, 0.4) is 0 Å². The van der Waals surface area contributed by atoms with Gasteiger partial charge in [0.15, 0.2) is 0 Å². The van der Waals surface area contributed by atoms with Crippen LogP contribution in [0, 0.1) is 0 Å². The summed E-state index contributed by atoms with van der Waals surface area (Å²) in [6, 6.07) is 0. The average molecular weight is 304 g/mol. The lowest BCUT2D eigenvalue weighted by Crippen LogP contribution is -2.46. The second-order valence-corrected chi connectivity index (χ2v) is 7.14. The molecule has 5 atom stereocenters. The second-order valence-electron chi connectivity index (χ2n) is 5.35. The molecular weight excluding hydrogens is 288 g/mol. The number of hydrogen-bond donors (Lipinski definition) is 0. The van der Waals surface area contributed by atoms with E-state index >= 15 is 0 Å². The van der Waals surface area contributed by atoms with E-state index in [0.717, 1.165) is 6.08 Å². The van der Waals surface area contributed by atoms with Crippen molar-refractivity contribution in [1.29, 1.82) is 0 Å². The van der Waals surface area contributed by atoms with Gasteiger partial charge in [0.2, 0.25) is 0 Å². The number of esters is 1. The van der Waals surface area contributed by atoms with Gasteiger partial charge < -0.3 is 14.2 Å². The van der Waals surface area contributed by atoms with Crippen LogP contribution in [0.5, 0.6) is 0 Å². The molecule has 5 unspecified atom stereocenters. The first-order chi connectivity index (χ1) is 9.37. The molecule has 0 radical (unpaired) electrons. The van der Waals surface area contributed by atoms with Gasteiger partial charge in [-0.15, -0.1) is 0 Å². The minimum Gasteiger partial charge on any atom is -0.460 e. The van der Waals surface area contributed by atoms with E-state index in [-0.39, 0.29) is 13.2 Å². The molecule has 3 aliphatic rings. The van der Waals surface area contributed by atoms with Gasteiger partial charge in [-0.1, -0.05) is 6.58 Å². The summed E-state index contributed by atoms with van der Waals surface area (Å²) in [6.45, 7) is 5.34. The lowest BCUT2D eigenvalue weighted by atomic mass is 9.85. The van der Waals surface area contributed by atoms with Gasteiger partial charge >= 0.3 is 5.97 Å². The monoisotopic (exact) mass is 304 g/mol. The van der Waals surface area contributed by atoms with Crippen molar-refractivity contribution in [3.05, 3.63) is 12.7 Å². The van der Waals surface area contributed by atoms with Gasteiger partial charge in [-0.05, 0) is 6.92 Å². The Morgan fingerprint density at radius 1 is 1.45 bits per heavy atom. The van der Waals surface area contributed by atoms with Crippen LogP contribution in [0.4, 0.5) is 0 Å². The Morgan fingerprint density at radius 3 is 2.90 bits per heavy atom. The molecule has 3 rings (SSSR count). The van der Waals surface area contributed by atoms with Gasteiger partial charge in [-0.3, -0.25) is 4.18 Å². The van der Waals surface area contributed by atoms with E-state index in [1.165, 1.54) is 0 Å². The molecule has 0 aromatic heterocycles. The summed E-state index contributed by atoms with van der Waals surface area (Å²) in [5.41, 5.74) is -0.661. The summed E-state index contributed by atoms with van der Waals surface area (Å²) in [6.07, 6.45) is -0.0830. The number of hydrogen-bond acceptors (Lipinski definition) is 7. The fourth-order valence-electron chi connectivity index (χ4n) is 3.18. The topological polar surface area (TPSA) is 88.1 Å². The fourth-order valence-corrected chi connectivity index (χ4v) is 4.91. The highest BCUT2D eigenvalue weighted by Gasteiger charge is 2.71. The molecule has 2 bridgehead atoms. The van der Waals surface area contributed by atoms with Crippen LogP contribution in [0.15, 0.2) is 12.7 Å². The van der Waals surface area contributed by atoms with Gasteiger partial charge in [0, 0.05) is 12.5 Å². The number of carbonyl (C=O) groups is 1. The molecule has 3 fully saturated rings. The lowest BCUT2D eigenvalue weighted by molar-refractivity contribution is -0.142. The molecule has 0 saturated carbocycles. The van der Waals surface area contributed by atoms with E-state index < -0.39 is 45.3 Å². The maximum absolute atomic E-state index is 11.8. The van der Waals surface area contributed by atoms with Gasteiger partial charge in [-0.2, -0.15) is 8.42 Å². The minimum absolute atomic E-state index is 0.0744. The van der Waals surface area contributed by atoms with Crippen molar-refractivity contribution in [2.45, 2.75) is 42.5 Å². The molecule has 20 heavy (non-hydrogen) atoms. The molecule has 7 nitrogen and oxygen atoms in total. The summed E-state index contributed by atoms with van der Waals surface area (Å²) < 4.78 is 44.9. The lowest BCUT2D eigenvalue weighted by Gasteiger charge is -2.29. The Balaban J connectivity index is 1.62. The predicted octanol–water partition coefficient (Wildman–Crippen LogP) is -0.241. The SMILES string of the molecule is C=CC(=O)OCCOC1C2OS(=O)(=O)C3CC1(C)OC23. The molecule has 112 valence electrons. The van der Waals surface area contributed by atoms with Crippen molar-refractivity contribution in [1.82, 2.24) is 0 Å². The molecule has 0 aromatic carbocycles. The van der Waals surface area contributed by atoms with Gasteiger partial charge in [0.1, 0.15) is 30.2 Å². The molecule has 0 amide bonds. The van der Waals surface area contributed by atoms with Crippen molar-refractivity contribution >= 4 is 16.1 Å². The molecule has 0 spiro atoms. The van der Waals surface area contributed by atoms with Gasteiger partial charge in [0.25, 0.3) is 10.1 Å². The van der Waals surface area contributed by atoms with E-state index in [9.17, 15) is 13.2 Å². The summed E-state index contributed by atoms with van der Waals surface area (Å²) in [7, 11) is -3.55. The largest absolute Gasteiger partial charge is 0.460 e. The molecule has 8 heteroatoms. The van der Waals surface area contributed by atoms with E-state index in [1.807, 2.05) is 6.92 Å². The van der Waals surface area contributed by atoms with Crippen LogP contribution < -0.4 is 0 Å². The third-order valence-corrected chi connectivity index (χ3v) is 5.68. The van der Waals surface area contributed by atoms with E-state index in [0.29, 0.717) is 6.42 Å². The van der Waals surface area contributed by atoms with Gasteiger partial charge in [-0.25, -0.2) is 4.79 Å². The van der Waals surface area contributed by atoms with Crippen LogP contribution >= 0.6 is 0 Å². The number of fused-ring (bicyclic) bond motifs is 1. The fraction of sp³-hybridized carbons (Fsp3) is 0.750. The average Bonchev–Trinajstić information content (AvgIpc) is 2.91. The van der Waals surface area contributed by atoms with Gasteiger partial charge in [0.05, 0.1) is 12.2 Å². The summed E-state index contributed by atoms with van der Waals surface area (Å²) in [4.78, 5) is 10.9. The molecule has 0 aromatic rings. The maximum atomic E-state index is 11.8. The van der Waals surface area contributed by atoms with Crippen molar-refractivity contribution in [3.63, 3.8) is 0 Å². The Bertz CT molecular complexity index is 542. The van der Waals surface area contributed by atoms with Crippen molar-refractivity contribution in [2.24, 2.45) is 0 Å². The first-order valence-electron chi connectivity index (χ1n) is 6.38. The highest BCUT2D eigenvalue weighted by Crippen LogP contribution is 2.53. The number of ether oxygens (including phenoxy) is 3. The summed E-state index contributed by atoms with van der Waals surface area (Å²) >= 11 is 0. The molecule has 3 saturated heterocycles.